The largest absolute Gasteiger partial charge is 0.416 e. The molecule has 28 heavy (non-hydrogen) atoms. The molecule has 0 unspecified atom stereocenters. The quantitative estimate of drug-likeness (QED) is 0.708. The average molecular weight is 411 g/mol. The highest BCUT2D eigenvalue weighted by atomic mass is 32.2. The van der Waals surface area contributed by atoms with Gasteiger partial charge in [0.25, 0.3) is 15.9 Å². The Morgan fingerprint density at radius 2 is 1.93 bits per heavy atom. The minimum Gasteiger partial charge on any atom is -0.340 e. The first-order chi connectivity index (χ1) is 13.0. The molecule has 2 aromatic heterocycles. The van der Waals surface area contributed by atoms with Crippen molar-refractivity contribution in [2.24, 2.45) is 14.1 Å². The Morgan fingerprint density at radius 3 is 2.54 bits per heavy atom. The molecule has 3 rings (SSSR count). The maximum Gasteiger partial charge on any atom is 0.416 e. The van der Waals surface area contributed by atoms with Crippen molar-refractivity contribution in [2.45, 2.75) is 11.2 Å². The number of hydrogen-bond donors (Lipinski definition) is 1. The Kier molecular flexibility index (Phi) is 4.43. The maximum atomic E-state index is 12.9. The molecule has 0 aliphatic rings. The van der Waals surface area contributed by atoms with Gasteiger partial charge in [-0.15, -0.1) is 0 Å². The number of nitrogens with one attached hydrogen (secondary N) is 1. The van der Waals surface area contributed by atoms with Crippen molar-refractivity contribution < 1.29 is 26.4 Å². The molecule has 2 heterocycles. The molecule has 12 heteroatoms. The Hall–Kier alpha value is -3.33. The molecular weight excluding hydrogens is 399 g/mol. The van der Waals surface area contributed by atoms with Crippen LogP contribution in [0.2, 0.25) is 0 Å². The highest BCUT2D eigenvalue weighted by Gasteiger charge is 2.31. The molecule has 1 aromatic carbocycles. The fourth-order valence-corrected chi connectivity index (χ4v) is 4.02. The number of amides is 1. The molecule has 8 nitrogen and oxygen atoms in total. The number of nitriles is 1. The number of benzene rings is 1. The number of sulfonamides is 1. The van der Waals surface area contributed by atoms with Gasteiger partial charge in [0.2, 0.25) is 0 Å². The van der Waals surface area contributed by atoms with Crippen LogP contribution in [0.4, 0.5) is 13.2 Å². The number of aromatic nitrogens is 3. The van der Waals surface area contributed by atoms with E-state index in [1.165, 1.54) is 24.7 Å². The van der Waals surface area contributed by atoms with E-state index in [0.29, 0.717) is 5.52 Å². The van der Waals surface area contributed by atoms with E-state index in [0.717, 1.165) is 29.1 Å². The summed E-state index contributed by atoms with van der Waals surface area (Å²) in [5.74, 6) is -1.06. The smallest absolute Gasteiger partial charge is 0.340 e. The SMILES string of the molecule is Cn1ncc(C#N)c1S(=O)(=O)NC(=O)c1cc2cc(C(F)(F)F)ccc2n1C. The number of halogens is 3. The van der Waals surface area contributed by atoms with Crippen LogP contribution < -0.4 is 4.72 Å². The zero-order valence-corrected chi connectivity index (χ0v) is 15.3. The summed E-state index contributed by atoms with van der Waals surface area (Å²) in [7, 11) is -1.73. The molecule has 1 N–H and O–H groups in total. The zero-order valence-electron chi connectivity index (χ0n) is 14.4. The number of fused-ring (bicyclic) bond motifs is 1. The molecular formula is C16H12F3N5O3S. The van der Waals surface area contributed by atoms with Crippen LogP contribution in [-0.4, -0.2) is 28.7 Å². The van der Waals surface area contributed by atoms with E-state index in [-0.39, 0.29) is 16.6 Å². The normalized spacial score (nSPS) is 12.1. The van der Waals surface area contributed by atoms with Crippen LogP contribution in [0.3, 0.4) is 0 Å². The van der Waals surface area contributed by atoms with Gasteiger partial charge in [0.15, 0.2) is 5.03 Å². The van der Waals surface area contributed by atoms with Crippen molar-refractivity contribution in [3.8, 4) is 6.07 Å². The van der Waals surface area contributed by atoms with Gasteiger partial charge in [0, 0.05) is 25.0 Å². The fourth-order valence-electron chi connectivity index (χ4n) is 2.79. The second-order valence-corrected chi connectivity index (χ2v) is 7.49. The summed E-state index contributed by atoms with van der Waals surface area (Å²) in [6, 6.07) is 5.75. The summed E-state index contributed by atoms with van der Waals surface area (Å²) in [4.78, 5) is 12.5. The van der Waals surface area contributed by atoms with E-state index in [1.807, 2.05) is 4.72 Å². The van der Waals surface area contributed by atoms with Crippen LogP contribution >= 0.6 is 0 Å². The molecule has 3 aromatic rings. The van der Waals surface area contributed by atoms with Crippen LogP contribution in [0.5, 0.6) is 0 Å². The molecule has 146 valence electrons. The number of carbonyl (C=O) groups excluding carboxylic acids is 1. The van der Waals surface area contributed by atoms with E-state index in [4.69, 9.17) is 5.26 Å². The van der Waals surface area contributed by atoms with E-state index in [9.17, 15) is 26.4 Å². The lowest BCUT2D eigenvalue weighted by Gasteiger charge is -2.08. The van der Waals surface area contributed by atoms with Gasteiger partial charge in [-0.3, -0.25) is 9.48 Å². The second-order valence-electron chi connectivity index (χ2n) is 5.89. The Labute approximate surface area is 156 Å². The summed E-state index contributed by atoms with van der Waals surface area (Å²) >= 11 is 0. The number of aryl methyl sites for hydroxylation is 2. The summed E-state index contributed by atoms with van der Waals surface area (Å²) in [6.45, 7) is 0. The first-order valence-electron chi connectivity index (χ1n) is 7.61. The summed E-state index contributed by atoms with van der Waals surface area (Å²) in [5, 5.41) is 12.3. The topological polar surface area (TPSA) is 110 Å². The van der Waals surface area contributed by atoms with Gasteiger partial charge < -0.3 is 4.57 Å². The van der Waals surface area contributed by atoms with E-state index >= 15 is 0 Å². The third kappa shape index (κ3) is 3.20. The van der Waals surface area contributed by atoms with E-state index in [1.54, 1.807) is 6.07 Å². The van der Waals surface area contributed by atoms with Crippen LogP contribution in [0, 0.1) is 11.3 Å². The second kappa shape index (κ2) is 6.38. The van der Waals surface area contributed by atoms with Crippen molar-refractivity contribution in [1.29, 1.82) is 5.26 Å². The van der Waals surface area contributed by atoms with Crippen molar-refractivity contribution in [3.63, 3.8) is 0 Å². The molecule has 0 saturated heterocycles. The highest BCUT2D eigenvalue weighted by molar-refractivity contribution is 7.90. The van der Waals surface area contributed by atoms with Crippen molar-refractivity contribution in [1.82, 2.24) is 19.1 Å². The van der Waals surface area contributed by atoms with Gasteiger partial charge in [-0.05, 0) is 24.3 Å². The Morgan fingerprint density at radius 1 is 1.25 bits per heavy atom. The molecule has 0 aliphatic heterocycles. The first kappa shape index (κ1) is 19.4. The average Bonchev–Trinajstić information content (AvgIpc) is 3.14. The molecule has 0 aliphatic carbocycles. The van der Waals surface area contributed by atoms with Crippen LogP contribution in [0.1, 0.15) is 21.6 Å². The number of nitrogens with zero attached hydrogens (tertiary/aromatic N) is 4. The number of alkyl halides is 3. The third-order valence-electron chi connectivity index (χ3n) is 4.09. The summed E-state index contributed by atoms with van der Waals surface area (Å²) < 4.78 is 67.6. The maximum absolute atomic E-state index is 12.9. The van der Waals surface area contributed by atoms with Gasteiger partial charge in [-0.1, -0.05) is 0 Å². The molecule has 1 amide bonds. The molecule has 0 bridgehead atoms. The molecule has 0 atom stereocenters. The van der Waals surface area contributed by atoms with E-state index in [2.05, 4.69) is 5.10 Å². The van der Waals surface area contributed by atoms with Gasteiger partial charge in [0.1, 0.15) is 17.3 Å². The third-order valence-corrected chi connectivity index (χ3v) is 5.54. The zero-order chi connectivity index (χ0) is 20.9. The fraction of sp³-hybridized carbons (Fsp3) is 0.188. The van der Waals surface area contributed by atoms with Crippen molar-refractivity contribution >= 4 is 26.8 Å². The van der Waals surface area contributed by atoms with Crippen LogP contribution in [0.25, 0.3) is 10.9 Å². The van der Waals surface area contributed by atoms with Crippen molar-refractivity contribution in [3.05, 3.63) is 47.3 Å². The van der Waals surface area contributed by atoms with Gasteiger partial charge >= 0.3 is 6.18 Å². The Balaban J connectivity index is 2.01. The number of hydrogen-bond acceptors (Lipinski definition) is 5. The lowest BCUT2D eigenvalue weighted by molar-refractivity contribution is -0.137. The molecule has 0 radical (unpaired) electrons. The lowest BCUT2D eigenvalue weighted by atomic mass is 10.1. The molecule has 0 fully saturated rings. The van der Waals surface area contributed by atoms with Crippen LogP contribution in [0.15, 0.2) is 35.5 Å². The first-order valence-corrected chi connectivity index (χ1v) is 9.10. The highest BCUT2D eigenvalue weighted by Crippen LogP contribution is 2.32. The monoisotopic (exact) mass is 411 g/mol. The minimum absolute atomic E-state index is 0.123. The van der Waals surface area contributed by atoms with Gasteiger partial charge in [-0.2, -0.15) is 31.9 Å². The van der Waals surface area contributed by atoms with Crippen LogP contribution in [-0.2, 0) is 30.3 Å². The summed E-state index contributed by atoms with van der Waals surface area (Å²) in [6.07, 6.45) is -3.52. The number of rotatable bonds is 3. The minimum atomic E-state index is -4.55. The van der Waals surface area contributed by atoms with E-state index < -0.39 is 32.7 Å². The Bertz CT molecular complexity index is 1250. The predicted molar refractivity (Wildman–Crippen MR) is 90.5 cm³/mol. The number of carbonyl (C=O) groups is 1. The predicted octanol–water partition coefficient (Wildman–Crippen LogP) is 1.92. The standard InChI is InChI=1S/C16H12F3N5O3S/c1-23-12-4-3-11(16(17,18)19)5-9(12)6-13(23)14(25)22-28(26,27)15-10(7-20)8-21-24(15)2/h3-6,8H,1-2H3,(H,22,25). The summed E-state index contributed by atoms with van der Waals surface area (Å²) in [5.41, 5.74) is -0.999. The molecule has 0 spiro atoms. The lowest BCUT2D eigenvalue weighted by Crippen LogP contribution is -2.33. The molecule has 0 saturated carbocycles. The van der Waals surface area contributed by atoms with Gasteiger partial charge in [0.05, 0.1) is 11.8 Å². The van der Waals surface area contributed by atoms with Crippen molar-refractivity contribution in [2.75, 3.05) is 0 Å². The van der Waals surface area contributed by atoms with Gasteiger partial charge in [-0.25, -0.2) is 4.72 Å².